The second-order valence-electron chi connectivity index (χ2n) is 5.59. The second-order valence-corrected chi connectivity index (χ2v) is 6.03. The first kappa shape index (κ1) is 20.3. The van der Waals surface area contributed by atoms with Crippen LogP contribution in [0.2, 0.25) is 5.02 Å². The lowest BCUT2D eigenvalue weighted by Crippen LogP contribution is -2.45. The molecule has 0 atom stereocenters. The smallest absolute Gasteiger partial charge is 0.227 e. The summed E-state index contributed by atoms with van der Waals surface area (Å²) in [5.74, 6) is 0.182. The van der Waals surface area contributed by atoms with E-state index in [4.69, 9.17) is 22.1 Å². The molecule has 0 aliphatic heterocycles. The maximum atomic E-state index is 12.3. The Morgan fingerprint density at radius 3 is 2.50 bits per heavy atom. The summed E-state index contributed by atoms with van der Waals surface area (Å²) in [5, 5.41) is 6.03. The molecule has 0 saturated carbocycles. The Labute approximate surface area is 148 Å². The topological polar surface area (TPSA) is 93.5 Å². The van der Waals surface area contributed by atoms with E-state index in [1.165, 1.54) is 7.11 Å². The fourth-order valence-corrected chi connectivity index (χ4v) is 2.59. The quantitative estimate of drug-likeness (QED) is 0.634. The van der Waals surface area contributed by atoms with Crippen molar-refractivity contribution in [3.8, 4) is 5.75 Å². The normalized spacial score (nSPS) is 11.0. The SMILES string of the molecule is CCC(CC)(CN)C(=O)NCCC(=O)Nc1cc(Cl)ccc1OC. The van der Waals surface area contributed by atoms with Crippen LogP contribution in [-0.4, -0.2) is 32.0 Å². The fraction of sp³-hybridized carbons (Fsp3) is 0.529. The molecule has 1 aromatic rings. The van der Waals surface area contributed by atoms with E-state index in [1.54, 1.807) is 18.2 Å². The van der Waals surface area contributed by atoms with E-state index < -0.39 is 5.41 Å². The maximum absolute atomic E-state index is 12.3. The predicted molar refractivity (Wildman–Crippen MR) is 96.3 cm³/mol. The Balaban J connectivity index is 2.56. The molecule has 7 heteroatoms. The fourth-order valence-electron chi connectivity index (χ4n) is 2.42. The van der Waals surface area contributed by atoms with E-state index in [9.17, 15) is 9.59 Å². The van der Waals surface area contributed by atoms with Crippen LogP contribution in [-0.2, 0) is 9.59 Å². The zero-order valence-corrected chi connectivity index (χ0v) is 15.2. The van der Waals surface area contributed by atoms with Gasteiger partial charge in [0.1, 0.15) is 5.75 Å². The van der Waals surface area contributed by atoms with Crippen LogP contribution in [0, 0.1) is 5.41 Å². The van der Waals surface area contributed by atoms with Gasteiger partial charge in [0.2, 0.25) is 11.8 Å². The molecule has 0 unspecified atom stereocenters. The highest BCUT2D eigenvalue weighted by molar-refractivity contribution is 6.31. The minimum atomic E-state index is -0.563. The summed E-state index contributed by atoms with van der Waals surface area (Å²) >= 11 is 5.93. The van der Waals surface area contributed by atoms with Gasteiger partial charge in [0.05, 0.1) is 18.2 Å². The number of benzene rings is 1. The number of nitrogens with one attached hydrogen (secondary N) is 2. The number of nitrogens with two attached hydrogens (primary N) is 1. The summed E-state index contributed by atoms with van der Waals surface area (Å²) in [6.07, 6.45) is 1.48. The maximum Gasteiger partial charge on any atom is 0.227 e. The number of hydrogen-bond acceptors (Lipinski definition) is 4. The van der Waals surface area contributed by atoms with Gasteiger partial charge in [-0.2, -0.15) is 0 Å². The van der Waals surface area contributed by atoms with Crippen molar-refractivity contribution in [1.82, 2.24) is 5.32 Å². The van der Waals surface area contributed by atoms with Crippen molar-refractivity contribution >= 4 is 29.1 Å². The van der Waals surface area contributed by atoms with Crippen LogP contribution < -0.4 is 21.1 Å². The Morgan fingerprint density at radius 1 is 1.29 bits per heavy atom. The summed E-state index contributed by atoms with van der Waals surface area (Å²) in [7, 11) is 1.51. The first-order valence-electron chi connectivity index (χ1n) is 8.04. The lowest BCUT2D eigenvalue weighted by molar-refractivity contribution is -0.131. The molecule has 0 radical (unpaired) electrons. The number of methoxy groups -OCH3 is 1. The average Bonchev–Trinajstić information content (AvgIpc) is 2.57. The van der Waals surface area contributed by atoms with Gasteiger partial charge in [-0.15, -0.1) is 0 Å². The number of halogens is 1. The zero-order chi connectivity index (χ0) is 18.2. The van der Waals surface area contributed by atoms with Gasteiger partial charge in [0.25, 0.3) is 0 Å². The van der Waals surface area contributed by atoms with Crippen molar-refractivity contribution in [3.05, 3.63) is 23.2 Å². The van der Waals surface area contributed by atoms with Crippen molar-refractivity contribution < 1.29 is 14.3 Å². The van der Waals surface area contributed by atoms with Crippen LogP contribution >= 0.6 is 11.6 Å². The number of carbonyl (C=O) groups is 2. The summed E-state index contributed by atoms with van der Waals surface area (Å²) in [4.78, 5) is 24.3. The standard InChI is InChI=1S/C17H26ClN3O3/c1-4-17(5-2,11-19)16(23)20-9-8-15(22)21-13-10-12(18)6-7-14(13)24-3/h6-7,10H,4-5,8-9,11,19H2,1-3H3,(H,20,23)(H,21,22). The lowest BCUT2D eigenvalue weighted by Gasteiger charge is -2.28. The average molecular weight is 356 g/mol. The lowest BCUT2D eigenvalue weighted by atomic mass is 9.81. The molecule has 0 bridgehead atoms. The molecule has 2 amide bonds. The number of amides is 2. The van der Waals surface area contributed by atoms with Gasteiger partial charge < -0.3 is 21.1 Å². The molecule has 1 aromatic carbocycles. The molecular formula is C17H26ClN3O3. The van der Waals surface area contributed by atoms with E-state index in [-0.39, 0.29) is 31.3 Å². The zero-order valence-electron chi connectivity index (χ0n) is 14.4. The molecule has 0 aliphatic carbocycles. The molecular weight excluding hydrogens is 330 g/mol. The van der Waals surface area contributed by atoms with E-state index >= 15 is 0 Å². The molecule has 4 N–H and O–H groups in total. The largest absolute Gasteiger partial charge is 0.495 e. The van der Waals surface area contributed by atoms with Gasteiger partial charge in [-0.1, -0.05) is 25.4 Å². The minimum Gasteiger partial charge on any atom is -0.495 e. The van der Waals surface area contributed by atoms with Gasteiger partial charge in [0, 0.05) is 24.5 Å². The molecule has 24 heavy (non-hydrogen) atoms. The third kappa shape index (κ3) is 5.11. The van der Waals surface area contributed by atoms with Gasteiger partial charge in [0.15, 0.2) is 0 Å². The van der Waals surface area contributed by atoms with Crippen molar-refractivity contribution in [2.45, 2.75) is 33.1 Å². The van der Waals surface area contributed by atoms with Gasteiger partial charge in [-0.05, 0) is 31.0 Å². The molecule has 0 fully saturated rings. The van der Waals surface area contributed by atoms with Crippen molar-refractivity contribution in [3.63, 3.8) is 0 Å². The molecule has 0 aliphatic rings. The summed E-state index contributed by atoms with van der Waals surface area (Å²) in [6.45, 7) is 4.41. The van der Waals surface area contributed by atoms with E-state index in [0.29, 0.717) is 29.3 Å². The predicted octanol–water partition coefficient (Wildman–Crippen LogP) is 2.56. The Bertz CT molecular complexity index is 566. The molecule has 0 spiro atoms. The highest BCUT2D eigenvalue weighted by atomic mass is 35.5. The van der Waals surface area contributed by atoms with Gasteiger partial charge >= 0.3 is 0 Å². The van der Waals surface area contributed by atoms with Crippen molar-refractivity contribution in [2.75, 3.05) is 25.5 Å². The van der Waals surface area contributed by atoms with Crippen LogP contribution in [0.25, 0.3) is 0 Å². The number of carbonyl (C=O) groups excluding carboxylic acids is 2. The van der Waals surface area contributed by atoms with E-state index in [0.717, 1.165) is 0 Å². The molecule has 1 rings (SSSR count). The summed E-state index contributed by atoms with van der Waals surface area (Å²) in [6, 6.07) is 4.97. The number of hydrogen-bond donors (Lipinski definition) is 3. The third-order valence-corrected chi connectivity index (χ3v) is 4.53. The molecule has 134 valence electrons. The molecule has 0 aromatic heterocycles. The van der Waals surface area contributed by atoms with Crippen LogP contribution in [0.5, 0.6) is 5.75 Å². The first-order valence-corrected chi connectivity index (χ1v) is 8.42. The number of rotatable bonds is 9. The van der Waals surface area contributed by atoms with Crippen molar-refractivity contribution in [1.29, 1.82) is 0 Å². The third-order valence-electron chi connectivity index (χ3n) is 4.30. The highest BCUT2D eigenvalue weighted by Crippen LogP contribution is 2.28. The second kappa shape index (κ2) is 9.49. The number of ether oxygens (including phenoxy) is 1. The van der Waals surface area contributed by atoms with Crippen LogP contribution in [0.1, 0.15) is 33.1 Å². The van der Waals surface area contributed by atoms with Crippen molar-refractivity contribution in [2.24, 2.45) is 11.1 Å². The van der Waals surface area contributed by atoms with Crippen LogP contribution in [0.15, 0.2) is 18.2 Å². The minimum absolute atomic E-state index is 0.108. The molecule has 6 nitrogen and oxygen atoms in total. The number of anilines is 1. The van der Waals surface area contributed by atoms with Crippen LogP contribution in [0.4, 0.5) is 5.69 Å². The Kier molecular flexibility index (Phi) is 8.01. The highest BCUT2D eigenvalue weighted by Gasteiger charge is 2.32. The Morgan fingerprint density at radius 2 is 1.96 bits per heavy atom. The van der Waals surface area contributed by atoms with Gasteiger partial charge in [-0.3, -0.25) is 9.59 Å². The Hall–Kier alpha value is -1.79. The molecule has 0 heterocycles. The molecule has 0 saturated heterocycles. The van der Waals surface area contributed by atoms with Crippen LogP contribution in [0.3, 0.4) is 0 Å². The first-order chi connectivity index (χ1) is 11.4. The summed E-state index contributed by atoms with van der Waals surface area (Å²) in [5.41, 5.74) is 5.68. The summed E-state index contributed by atoms with van der Waals surface area (Å²) < 4.78 is 5.18. The van der Waals surface area contributed by atoms with E-state index in [1.807, 2.05) is 13.8 Å². The monoisotopic (exact) mass is 355 g/mol. The van der Waals surface area contributed by atoms with Gasteiger partial charge in [-0.25, -0.2) is 0 Å². The van der Waals surface area contributed by atoms with E-state index in [2.05, 4.69) is 10.6 Å².